The molecule has 6 rings (SSSR count). The average molecular weight is 526 g/mol. The second-order valence-electron chi connectivity index (χ2n) is 10.6. The van der Waals surface area contributed by atoms with E-state index in [2.05, 4.69) is 4.90 Å². The maximum absolute atomic E-state index is 13.9. The number of β-amino-alcohol motifs (C(OH)–C–C–N with tert-alkyl or cyclic N) is 1. The molecule has 3 heterocycles. The van der Waals surface area contributed by atoms with Crippen molar-refractivity contribution in [3.05, 3.63) is 29.3 Å². The zero-order valence-corrected chi connectivity index (χ0v) is 21.2. The van der Waals surface area contributed by atoms with Crippen molar-refractivity contribution in [2.45, 2.75) is 66.8 Å². The van der Waals surface area contributed by atoms with Gasteiger partial charge in [0, 0.05) is 36.7 Å². The number of sulfonamides is 1. The fourth-order valence-electron chi connectivity index (χ4n) is 6.20. The number of nitrogens with zero attached hydrogens (tertiary/aromatic N) is 3. The van der Waals surface area contributed by atoms with Crippen LogP contribution in [0.3, 0.4) is 0 Å². The van der Waals surface area contributed by atoms with Crippen LogP contribution >= 0.6 is 11.6 Å². The topological polar surface area (TPSA) is 99.6 Å². The molecular weight excluding hydrogens is 494 g/mol. The van der Waals surface area contributed by atoms with Crippen LogP contribution in [0.5, 0.6) is 0 Å². The minimum atomic E-state index is -3.84. The maximum Gasteiger partial charge on any atom is 0.410 e. The Kier molecular flexibility index (Phi) is 6.05. The van der Waals surface area contributed by atoms with Crippen molar-refractivity contribution in [2.24, 2.45) is 5.92 Å². The van der Waals surface area contributed by atoms with Gasteiger partial charge in [-0.05, 0) is 62.3 Å². The zero-order chi connectivity index (χ0) is 24.4. The third kappa shape index (κ3) is 4.26. The Bertz CT molecular complexity index is 1080. The number of rotatable bonds is 7. The minimum Gasteiger partial charge on any atom is -0.441 e. The van der Waals surface area contributed by atoms with Crippen molar-refractivity contribution < 1.29 is 27.8 Å². The maximum atomic E-state index is 13.9. The van der Waals surface area contributed by atoms with Crippen LogP contribution in [0.15, 0.2) is 29.2 Å². The number of amides is 1. The molecule has 2 aliphatic carbocycles. The Morgan fingerprint density at radius 3 is 2.49 bits per heavy atom. The second kappa shape index (κ2) is 8.85. The van der Waals surface area contributed by atoms with Crippen molar-refractivity contribution in [1.82, 2.24) is 14.1 Å². The van der Waals surface area contributed by atoms with Crippen LogP contribution in [0, 0.1) is 5.92 Å². The lowest BCUT2D eigenvalue weighted by atomic mass is 10.0. The van der Waals surface area contributed by atoms with Gasteiger partial charge < -0.3 is 19.5 Å². The number of hydrogen-bond acceptors (Lipinski definition) is 7. The van der Waals surface area contributed by atoms with Gasteiger partial charge in [0.15, 0.2) is 0 Å². The van der Waals surface area contributed by atoms with E-state index in [1.54, 1.807) is 33.5 Å². The van der Waals surface area contributed by atoms with Crippen molar-refractivity contribution in [3.63, 3.8) is 0 Å². The fraction of sp³-hybridized carbons (Fsp3) is 0.708. The first kappa shape index (κ1) is 23.9. The summed E-state index contributed by atoms with van der Waals surface area (Å²) in [5.74, 6) is 0.262. The molecule has 35 heavy (non-hydrogen) atoms. The molecule has 9 nitrogen and oxygen atoms in total. The number of likely N-dealkylation sites (tertiary alicyclic amines) is 2. The third-order valence-corrected chi connectivity index (χ3v) is 10.6. The molecule has 1 aromatic carbocycles. The van der Waals surface area contributed by atoms with E-state index in [1.165, 1.54) is 0 Å². The molecule has 5 aliphatic rings. The lowest BCUT2D eigenvalue weighted by Gasteiger charge is -2.44. The van der Waals surface area contributed by atoms with Gasteiger partial charge in [0.1, 0.15) is 5.60 Å². The normalized spacial score (nSPS) is 32.7. The largest absolute Gasteiger partial charge is 0.441 e. The monoisotopic (exact) mass is 525 g/mol. The number of fused-ring (bicyclic) bond motifs is 2. The van der Waals surface area contributed by atoms with E-state index in [9.17, 15) is 18.3 Å². The number of morpholine rings is 1. The summed E-state index contributed by atoms with van der Waals surface area (Å²) in [6.07, 6.45) is 3.71. The molecule has 0 aromatic heterocycles. The van der Waals surface area contributed by atoms with E-state index in [1.807, 2.05) is 0 Å². The Labute approximate surface area is 210 Å². The van der Waals surface area contributed by atoms with Gasteiger partial charge in [-0.25, -0.2) is 13.2 Å². The highest BCUT2D eigenvalue weighted by Crippen LogP contribution is 2.51. The number of halogens is 1. The number of piperazine rings is 1. The van der Waals surface area contributed by atoms with Crippen LogP contribution in [0.1, 0.15) is 32.1 Å². The zero-order valence-electron chi connectivity index (χ0n) is 19.6. The molecule has 1 aromatic rings. The van der Waals surface area contributed by atoms with Crippen LogP contribution in [0.4, 0.5) is 4.79 Å². The Morgan fingerprint density at radius 2 is 1.89 bits per heavy atom. The Balaban J connectivity index is 1.24. The molecule has 11 heteroatoms. The molecule has 5 fully saturated rings. The number of ether oxygens (including phenoxy) is 2. The summed E-state index contributed by atoms with van der Waals surface area (Å²) in [7, 11) is -3.84. The first-order chi connectivity index (χ1) is 16.8. The summed E-state index contributed by atoms with van der Waals surface area (Å²) in [6.45, 7) is 2.61. The summed E-state index contributed by atoms with van der Waals surface area (Å²) in [6, 6.07) is 5.76. The van der Waals surface area contributed by atoms with Crippen molar-refractivity contribution in [1.29, 1.82) is 0 Å². The quantitative estimate of drug-likeness (QED) is 0.580. The van der Waals surface area contributed by atoms with E-state index in [0.29, 0.717) is 37.6 Å². The predicted molar refractivity (Wildman–Crippen MR) is 128 cm³/mol. The SMILES string of the molecule is O=C(OC1([C@H]2COC[C@@H](C3CC3)N2S(=O)(=O)c2ccc(Cl)cc2)CC1)N1CC2CC1CN2CCO. The minimum absolute atomic E-state index is 0.0746. The highest BCUT2D eigenvalue weighted by atomic mass is 35.5. The lowest BCUT2D eigenvalue weighted by molar-refractivity contribution is -0.0770. The number of aliphatic hydroxyl groups excluding tert-OH is 1. The van der Waals surface area contributed by atoms with Crippen LogP contribution in [-0.2, 0) is 19.5 Å². The summed E-state index contributed by atoms with van der Waals surface area (Å²) in [4.78, 5) is 17.5. The van der Waals surface area contributed by atoms with Gasteiger partial charge in [0.25, 0.3) is 0 Å². The first-order valence-corrected chi connectivity index (χ1v) is 14.4. The summed E-state index contributed by atoms with van der Waals surface area (Å²) >= 11 is 6.01. The van der Waals surface area contributed by atoms with Crippen molar-refractivity contribution in [2.75, 3.05) is 39.5 Å². The van der Waals surface area contributed by atoms with Crippen LogP contribution in [0.2, 0.25) is 5.02 Å². The number of hydrogen-bond donors (Lipinski definition) is 1. The Hall–Kier alpha value is -1.43. The Morgan fingerprint density at radius 1 is 1.14 bits per heavy atom. The summed E-state index contributed by atoms with van der Waals surface area (Å²) in [5, 5.41) is 9.75. The highest BCUT2D eigenvalue weighted by Gasteiger charge is 2.62. The van der Waals surface area contributed by atoms with Crippen molar-refractivity contribution in [3.8, 4) is 0 Å². The highest BCUT2D eigenvalue weighted by molar-refractivity contribution is 7.89. The van der Waals surface area contributed by atoms with E-state index < -0.39 is 21.7 Å². The van der Waals surface area contributed by atoms with E-state index in [4.69, 9.17) is 21.1 Å². The standard InChI is InChI=1S/C24H32ClN3O6S/c25-17-3-5-20(6-4-17)35(31,32)28-21(16-1-2-16)14-33-15-22(28)24(7-8-24)34-23(30)27-13-18-11-19(27)12-26(18)9-10-29/h3-6,16,18-19,21-22,29H,1-2,7-15H2/t18?,19?,21-,22+/m0/s1. The molecular formula is C24H32ClN3O6S. The van der Waals surface area contributed by atoms with Gasteiger partial charge in [-0.1, -0.05) is 11.6 Å². The molecule has 2 bridgehead atoms. The predicted octanol–water partition coefficient (Wildman–Crippen LogP) is 1.93. The van der Waals surface area contributed by atoms with Crippen LogP contribution in [0.25, 0.3) is 0 Å². The molecule has 3 aliphatic heterocycles. The van der Waals surface area contributed by atoms with Crippen LogP contribution in [-0.4, -0.2) is 103 Å². The number of carbonyl (C=O) groups excluding carboxylic acids is 1. The number of benzene rings is 1. The number of aliphatic hydroxyl groups is 1. The van der Waals surface area contributed by atoms with Gasteiger partial charge >= 0.3 is 6.09 Å². The van der Waals surface area contributed by atoms with Gasteiger partial charge in [-0.15, -0.1) is 0 Å². The van der Waals surface area contributed by atoms with Gasteiger partial charge in [-0.2, -0.15) is 4.31 Å². The molecule has 3 saturated heterocycles. The van der Waals surface area contributed by atoms with Gasteiger partial charge in [0.2, 0.25) is 10.0 Å². The molecule has 192 valence electrons. The molecule has 1 amide bonds. The molecule has 2 unspecified atom stereocenters. The van der Waals surface area contributed by atoms with E-state index >= 15 is 0 Å². The number of carbonyl (C=O) groups is 1. The van der Waals surface area contributed by atoms with Crippen LogP contribution < -0.4 is 0 Å². The van der Waals surface area contributed by atoms with Crippen molar-refractivity contribution >= 4 is 27.7 Å². The third-order valence-electron chi connectivity index (χ3n) is 8.37. The molecule has 0 radical (unpaired) electrons. The smallest absolute Gasteiger partial charge is 0.410 e. The van der Waals surface area contributed by atoms with E-state index in [-0.39, 0.29) is 48.2 Å². The fourth-order valence-corrected chi connectivity index (χ4v) is 8.22. The van der Waals surface area contributed by atoms with Gasteiger partial charge in [0.05, 0.1) is 36.8 Å². The summed E-state index contributed by atoms with van der Waals surface area (Å²) in [5.41, 5.74) is -0.864. The molecule has 1 N–H and O–H groups in total. The average Bonchev–Trinajstić information content (AvgIpc) is 3.76. The first-order valence-electron chi connectivity index (χ1n) is 12.5. The lowest BCUT2D eigenvalue weighted by Crippen LogP contribution is -2.62. The second-order valence-corrected chi connectivity index (χ2v) is 12.9. The molecule has 4 atom stereocenters. The van der Waals surface area contributed by atoms with E-state index in [0.717, 1.165) is 25.8 Å². The van der Waals surface area contributed by atoms with Gasteiger partial charge in [-0.3, -0.25) is 4.90 Å². The molecule has 2 saturated carbocycles. The molecule has 0 spiro atoms. The summed E-state index contributed by atoms with van der Waals surface area (Å²) < 4.78 is 41.5.